The lowest BCUT2D eigenvalue weighted by Gasteiger charge is -2.20. The van der Waals surface area contributed by atoms with Crippen molar-refractivity contribution in [2.75, 3.05) is 5.32 Å². The van der Waals surface area contributed by atoms with Gasteiger partial charge in [-0.15, -0.1) is 0 Å². The first kappa shape index (κ1) is 32.8. The van der Waals surface area contributed by atoms with E-state index in [9.17, 15) is 28.8 Å². The number of hydrogen-bond donors (Lipinski definition) is 4. The molecule has 1 aromatic carbocycles. The number of rotatable bonds is 15. The van der Waals surface area contributed by atoms with Gasteiger partial charge in [0, 0.05) is 29.6 Å². The van der Waals surface area contributed by atoms with Crippen LogP contribution < -0.4 is 27.2 Å². The van der Waals surface area contributed by atoms with Gasteiger partial charge in [-0.2, -0.15) is 0 Å². The number of carbonyl (C=O) groups is 5. The minimum absolute atomic E-state index is 0.0215. The van der Waals surface area contributed by atoms with Gasteiger partial charge < -0.3 is 30.7 Å². The Hall–Kier alpha value is -4.74. The SMILES string of the molecule is CCC(CC)CC(C)NC(=O)Cn1cccc(NC(=O)C(CCC(=O)C(N)=O)NC(=O)c2oc3ccccc3c2C)c1=O. The fraction of sp³-hybridized carbons (Fsp3) is 0.419. The summed E-state index contributed by atoms with van der Waals surface area (Å²) < 4.78 is 6.84. The molecule has 0 aliphatic carbocycles. The number of amides is 4. The maximum absolute atomic E-state index is 13.3. The summed E-state index contributed by atoms with van der Waals surface area (Å²) in [7, 11) is 0. The molecule has 12 nitrogen and oxygen atoms in total. The minimum atomic E-state index is -1.33. The van der Waals surface area contributed by atoms with Crippen LogP contribution in [0.4, 0.5) is 5.69 Å². The number of nitrogens with zero attached hydrogens (tertiary/aromatic N) is 1. The van der Waals surface area contributed by atoms with Crippen LogP contribution in [0.1, 0.15) is 69.0 Å². The Morgan fingerprint density at radius 1 is 1.00 bits per heavy atom. The zero-order valence-electron chi connectivity index (χ0n) is 24.9. The highest BCUT2D eigenvalue weighted by molar-refractivity contribution is 6.35. The van der Waals surface area contributed by atoms with Crippen LogP contribution in [-0.4, -0.2) is 46.1 Å². The lowest BCUT2D eigenvalue weighted by atomic mass is 9.95. The van der Waals surface area contributed by atoms with Crippen molar-refractivity contribution >= 4 is 46.1 Å². The highest BCUT2D eigenvalue weighted by Gasteiger charge is 2.27. The van der Waals surface area contributed by atoms with Crippen LogP contribution in [0.5, 0.6) is 0 Å². The van der Waals surface area contributed by atoms with Gasteiger partial charge in [0.2, 0.25) is 17.6 Å². The monoisotopic (exact) mass is 593 g/mol. The topological polar surface area (TPSA) is 183 Å². The third-order valence-corrected chi connectivity index (χ3v) is 7.45. The van der Waals surface area contributed by atoms with Crippen molar-refractivity contribution in [3.63, 3.8) is 0 Å². The average molecular weight is 594 g/mol. The summed E-state index contributed by atoms with van der Waals surface area (Å²) in [4.78, 5) is 75.4. The predicted octanol–water partition coefficient (Wildman–Crippen LogP) is 2.81. The van der Waals surface area contributed by atoms with Gasteiger partial charge in [0.1, 0.15) is 23.9 Å². The average Bonchev–Trinajstić information content (AvgIpc) is 3.31. The van der Waals surface area contributed by atoms with E-state index in [2.05, 4.69) is 29.8 Å². The van der Waals surface area contributed by atoms with Crippen LogP contribution >= 0.6 is 0 Å². The van der Waals surface area contributed by atoms with E-state index < -0.39 is 41.5 Å². The molecule has 3 rings (SSSR count). The molecule has 4 amide bonds. The summed E-state index contributed by atoms with van der Waals surface area (Å²) in [5, 5.41) is 8.65. The van der Waals surface area contributed by atoms with Crippen molar-refractivity contribution in [3.8, 4) is 0 Å². The Morgan fingerprint density at radius 2 is 1.70 bits per heavy atom. The number of pyridine rings is 1. The zero-order valence-corrected chi connectivity index (χ0v) is 24.9. The number of Topliss-reactive ketones (excluding diaryl/α,β-unsaturated/α-hetero) is 1. The van der Waals surface area contributed by atoms with Crippen LogP contribution in [0.2, 0.25) is 0 Å². The number of anilines is 1. The molecule has 2 atom stereocenters. The lowest BCUT2D eigenvalue weighted by molar-refractivity contribution is -0.136. The molecule has 0 bridgehead atoms. The molecule has 0 saturated heterocycles. The number of nitrogens with one attached hydrogen (secondary N) is 3. The number of aryl methyl sites for hydroxylation is 1. The van der Waals surface area contributed by atoms with E-state index >= 15 is 0 Å². The molecule has 2 aromatic heterocycles. The largest absolute Gasteiger partial charge is 0.451 e. The molecule has 43 heavy (non-hydrogen) atoms. The lowest BCUT2D eigenvalue weighted by Crippen LogP contribution is -2.45. The second kappa shape index (κ2) is 14.9. The molecular formula is C31H39N5O7. The molecule has 230 valence electrons. The number of primary amides is 1. The second-order valence-corrected chi connectivity index (χ2v) is 10.6. The summed E-state index contributed by atoms with van der Waals surface area (Å²) in [5.74, 6) is -3.50. The quantitative estimate of drug-likeness (QED) is 0.195. The molecule has 5 N–H and O–H groups in total. The first-order valence-electron chi connectivity index (χ1n) is 14.4. The molecule has 0 saturated carbocycles. The summed E-state index contributed by atoms with van der Waals surface area (Å²) in [5.41, 5.74) is 5.32. The van der Waals surface area contributed by atoms with Crippen molar-refractivity contribution in [1.82, 2.24) is 15.2 Å². The van der Waals surface area contributed by atoms with Crippen molar-refractivity contribution < 1.29 is 28.4 Å². The van der Waals surface area contributed by atoms with Gasteiger partial charge in [-0.25, -0.2) is 0 Å². The van der Waals surface area contributed by atoms with E-state index in [1.165, 1.54) is 18.3 Å². The molecular weight excluding hydrogens is 554 g/mol. The number of furan rings is 1. The van der Waals surface area contributed by atoms with Crippen LogP contribution in [0.15, 0.2) is 51.8 Å². The molecule has 3 aromatic rings. The number of aromatic nitrogens is 1. The van der Waals surface area contributed by atoms with Gasteiger partial charge in [0.05, 0.1) is 0 Å². The summed E-state index contributed by atoms with van der Waals surface area (Å²) in [6.07, 6.45) is 3.58. The fourth-order valence-electron chi connectivity index (χ4n) is 4.91. The third kappa shape index (κ3) is 8.63. The first-order valence-corrected chi connectivity index (χ1v) is 14.4. The smallest absolute Gasteiger partial charge is 0.287 e. The molecule has 2 unspecified atom stereocenters. The number of ketones is 1. The number of carbonyl (C=O) groups excluding carboxylic acids is 5. The van der Waals surface area contributed by atoms with Gasteiger partial charge in [-0.05, 0) is 50.8 Å². The van der Waals surface area contributed by atoms with Crippen LogP contribution in [0, 0.1) is 12.8 Å². The molecule has 2 heterocycles. The van der Waals surface area contributed by atoms with E-state index in [1.54, 1.807) is 31.2 Å². The number of fused-ring (bicyclic) bond motifs is 1. The minimum Gasteiger partial charge on any atom is -0.451 e. The normalized spacial score (nSPS) is 12.5. The predicted molar refractivity (Wildman–Crippen MR) is 161 cm³/mol. The van der Waals surface area contributed by atoms with E-state index in [1.807, 2.05) is 6.92 Å². The Labute approximate surface area is 249 Å². The van der Waals surface area contributed by atoms with Crippen LogP contribution in [0.25, 0.3) is 11.0 Å². The first-order chi connectivity index (χ1) is 20.4. The highest BCUT2D eigenvalue weighted by atomic mass is 16.3. The van der Waals surface area contributed by atoms with Crippen molar-refractivity contribution in [2.24, 2.45) is 11.7 Å². The number of nitrogens with two attached hydrogens (primary N) is 1. The maximum Gasteiger partial charge on any atom is 0.287 e. The summed E-state index contributed by atoms with van der Waals surface area (Å²) >= 11 is 0. The third-order valence-electron chi connectivity index (χ3n) is 7.45. The highest BCUT2D eigenvalue weighted by Crippen LogP contribution is 2.25. The maximum atomic E-state index is 13.3. The van der Waals surface area contributed by atoms with Gasteiger partial charge in [0.15, 0.2) is 5.76 Å². The van der Waals surface area contributed by atoms with Gasteiger partial charge in [-0.3, -0.25) is 28.8 Å². The van der Waals surface area contributed by atoms with Crippen molar-refractivity contribution in [2.45, 2.75) is 78.4 Å². The zero-order chi connectivity index (χ0) is 31.7. The van der Waals surface area contributed by atoms with Crippen molar-refractivity contribution in [3.05, 3.63) is 64.3 Å². The molecule has 0 radical (unpaired) electrons. The van der Waals surface area contributed by atoms with Gasteiger partial charge in [0.25, 0.3) is 17.4 Å². The second-order valence-electron chi connectivity index (χ2n) is 10.6. The van der Waals surface area contributed by atoms with Gasteiger partial charge in [-0.1, -0.05) is 44.9 Å². The molecule has 0 fully saturated rings. The van der Waals surface area contributed by atoms with E-state index in [0.29, 0.717) is 17.1 Å². The van der Waals surface area contributed by atoms with Crippen molar-refractivity contribution in [1.29, 1.82) is 0 Å². The summed E-state index contributed by atoms with van der Waals surface area (Å²) in [6, 6.07) is 8.50. The molecule has 0 aliphatic rings. The summed E-state index contributed by atoms with van der Waals surface area (Å²) in [6.45, 7) is 7.57. The molecule has 0 aliphatic heterocycles. The fourth-order valence-corrected chi connectivity index (χ4v) is 4.91. The van der Waals surface area contributed by atoms with E-state index in [0.717, 1.165) is 29.2 Å². The van der Waals surface area contributed by atoms with E-state index in [4.69, 9.17) is 10.2 Å². The standard InChI is InChI=1S/C31H39N5O7/c1-5-20(6-2)16-18(3)33-26(38)17-36-15-9-11-23(31(36)42)35-29(40)22(13-14-24(37)28(32)39)34-30(41)27-19(4)21-10-7-8-12-25(21)43-27/h7-12,15,18,20,22H,5-6,13-14,16-17H2,1-4H3,(H2,32,39)(H,33,38)(H,34,41)(H,35,40). The Morgan fingerprint density at radius 3 is 2.35 bits per heavy atom. The van der Waals surface area contributed by atoms with Crippen LogP contribution in [0.3, 0.4) is 0 Å². The van der Waals surface area contributed by atoms with E-state index in [-0.39, 0.29) is 36.4 Å². The molecule has 12 heteroatoms. The Bertz CT molecular complexity index is 1550. The number of hydrogen-bond acceptors (Lipinski definition) is 7. The van der Waals surface area contributed by atoms with Crippen LogP contribution in [-0.2, 0) is 25.7 Å². The number of benzene rings is 1. The van der Waals surface area contributed by atoms with Gasteiger partial charge >= 0.3 is 0 Å². The molecule has 0 spiro atoms. The Balaban J connectivity index is 1.76. The number of para-hydroxylation sites is 1. The Kier molecular flexibility index (Phi) is 11.4.